The van der Waals surface area contributed by atoms with Crippen molar-refractivity contribution in [3.63, 3.8) is 0 Å². The molecule has 0 aromatic heterocycles. The van der Waals surface area contributed by atoms with Gasteiger partial charge in [-0.25, -0.2) is 5.43 Å². The van der Waals surface area contributed by atoms with E-state index in [1.54, 1.807) is 36.4 Å². The topological polar surface area (TPSA) is 59.9 Å². The van der Waals surface area contributed by atoms with Crippen LogP contribution in [0.2, 0.25) is 5.02 Å². The first-order chi connectivity index (χ1) is 14.2. The molecule has 0 fully saturated rings. The van der Waals surface area contributed by atoms with Crippen LogP contribution in [0, 0.1) is 0 Å². The average molecular weight is 409 g/mol. The highest BCUT2D eigenvalue weighted by atomic mass is 35.5. The Morgan fingerprint density at radius 3 is 2.41 bits per heavy atom. The highest BCUT2D eigenvalue weighted by molar-refractivity contribution is 6.32. The van der Waals surface area contributed by atoms with Crippen molar-refractivity contribution < 1.29 is 14.3 Å². The molecule has 0 atom stereocenters. The van der Waals surface area contributed by atoms with Crippen molar-refractivity contribution in [2.24, 2.45) is 5.10 Å². The summed E-state index contributed by atoms with van der Waals surface area (Å²) in [6.07, 6.45) is 1.51. The molecule has 0 saturated carbocycles. The Balaban J connectivity index is 1.72. The minimum atomic E-state index is -0.291. The molecule has 0 unspecified atom stereocenters. The zero-order valence-corrected chi connectivity index (χ0v) is 16.7. The Labute approximate surface area is 174 Å². The second-order valence-corrected chi connectivity index (χ2v) is 6.51. The Kier molecular flexibility index (Phi) is 7.25. The standard InChI is InChI=1S/C23H21ClN2O3/c1-2-28-21-14-18(15-25-26-23(27)19-11-7-4-8-12-19)13-20(24)22(21)29-16-17-9-5-3-6-10-17/h3-15H,2,16H2,1H3,(H,26,27)/b25-15+. The van der Waals surface area contributed by atoms with E-state index in [-0.39, 0.29) is 5.91 Å². The van der Waals surface area contributed by atoms with Gasteiger partial charge in [0.1, 0.15) is 6.61 Å². The molecular formula is C23H21ClN2O3. The van der Waals surface area contributed by atoms with Crippen molar-refractivity contribution in [3.8, 4) is 11.5 Å². The third-order valence-electron chi connectivity index (χ3n) is 3.97. The molecule has 0 aliphatic rings. The molecule has 29 heavy (non-hydrogen) atoms. The van der Waals surface area contributed by atoms with Gasteiger partial charge in [0.15, 0.2) is 11.5 Å². The number of rotatable bonds is 8. The van der Waals surface area contributed by atoms with Crippen LogP contribution in [0.1, 0.15) is 28.4 Å². The summed E-state index contributed by atoms with van der Waals surface area (Å²) in [6, 6.07) is 22.2. The molecule has 0 aliphatic heterocycles. The van der Waals surface area contributed by atoms with E-state index in [1.165, 1.54) is 6.21 Å². The molecule has 3 rings (SSSR count). The Bertz CT molecular complexity index is 976. The number of amides is 1. The number of hydrogen-bond donors (Lipinski definition) is 1. The number of carbonyl (C=O) groups excluding carboxylic acids is 1. The molecule has 0 radical (unpaired) electrons. The van der Waals surface area contributed by atoms with E-state index in [0.717, 1.165) is 5.56 Å². The van der Waals surface area contributed by atoms with Crippen molar-refractivity contribution >= 4 is 23.7 Å². The van der Waals surface area contributed by atoms with Gasteiger partial charge in [-0.15, -0.1) is 0 Å². The van der Waals surface area contributed by atoms with Gasteiger partial charge >= 0.3 is 0 Å². The molecule has 0 bridgehead atoms. The second-order valence-electron chi connectivity index (χ2n) is 6.10. The Morgan fingerprint density at radius 1 is 1.03 bits per heavy atom. The smallest absolute Gasteiger partial charge is 0.271 e. The summed E-state index contributed by atoms with van der Waals surface area (Å²) < 4.78 is 11.6. The minimum absolute atomic E-state index is 0.291. The number of ether oxygens (including phenoxy) is 2. The van der Waals surface area contributed by atoms with Gasteiger partial charge in [0.05, 0.1) is 17.8 Å². The molecule has 3 aromatic rings. The molecule has 0 spiro atoms. The van der Waals surface area contributed by atoms with E-state index >= 15 is 0 Å². The molecule has 1 amide bonds. The van der Waals surface area contributed by atoms with Crippen LogP contribution in [0.5, 0.6) is 11.5 Å². The van der Waals surface area contributed by atoms with E-state index in [2.05, 4.69) is 10.5 Å². The SMILES string of the molecule is CCOc1cc(/C=N/NC(=O)c2ccccc2)cc(Cl)c1OCc1ccccc1. The maximum absolute atomic E-state index is 12.0. The van der Waals surface area contributed by atoms with Crippen molar-refractivity contribution in [1.29, 1.82) is 0 Å². The first-order valence-electron chi connectivity index (χ1n) is 9.19. The molecule has 3 aromatic carbocycles. The molecule has 0 heterocycles. The number of carbonyl (C=O) groups is 1. The number of hydrazone groups is 1. The first kappa shape index (κ1) is 20.4. The maximum atomic E-state index is 12.0. The molecule has 6 heteroatoms. The summed E-state index contributed by atoms with van der Waals surface area (Å²) >= 11 is 6.42. The van der Waals surface area contributed by atoms with Crippen LogP contribution in [0.4, 0.5) is 0 Å². The predicted molar refractivity (Wildman–Crippen MR) is 115 cm³/mol. The van der Waals surface area contributed by atoms with Crippen molar-refractivity contribution in [2.75, 3.05) is 6.61 Å². The van der Waals surface area contributed by atoms with Gasteiger partial charge in [-0.2, -0.15) is 5.10 Å². The number of benzene rings is 3. The molecular weight excluding hydrogens is 388 g/mol. The number of halogens is 1. The summed E-state index contributed by atoms with van der Waals surface area (Å²) in [6.45, 7) is 2.72. The lowest BCUT2D eigenvalue weighted by Gasteiger charge is -2.14. The fourth-order valence-electron chi connectivity index (χ4n) is 2.61. The fraction of sp³-hybridized carbons (Fsp3) is 0.130. The van der Waals surface area contributed by atoms with Crippen LogP contribution in [-0.2, 0) is 6.61 Å². The lowest BCUT2D eigenvalue weighted by atomic mass is 10.2. The highest BCUT2D eigenvalue weighted by Gasteiger charge is 2.12. The molecule has 0 aliphatic carbocycles. The lowest BCUT2D eigenvalue weighted by Crippen LogP contribution is -2.17. The van der Waals surface area contributed by atoms with Crippen molar-refractivity contribution in [2.45, 2.75) is 13.5 Å². The average Bonchev–Trinajstić information content (AvgIpc) is 2.74. The van der Waals surface area contributed by atoms with Gasteiger partial charge in [-0.3, -0.25) is 4.79 Å². The summed E-state index contributed by atoms with van der Waals surface area (Å²) in [5.74, 6) is 0.704. The quantitative estimate of drug-likeness (QED) is 0.417. The van der Waals surface area contributed by atoms with Crippen molar-refractivity contribution in [3.05, 3.63) is 94.5 Å². The predicted octanol–water partition coefficient (Wildman–Crippen LogP) is 5.08. The van der Waals surface area contributed by atoms with Gasteiger partial charge in [0.25, 0.3) is 5.91 Å². The second kappa shape index (κ2) is 10.3. The lowest BCUT2D eigenvalue weighted by molar-refractivity contribution is 0.0955. The zero-order chi connectivity index (χ0) is 20.5. The maximum Gasteiger partial charge on any atom is 0.271 e. The molecule has 0 saturated heterocycles. The first-order valence-corrected chi connectivity index (χ1v) is 9.56. The summed E-state index contributed by atoms with van der Waals surface area (Å²) in [5, 5.41) is 4.41. The summed E-state index contributed by atoms with van der Waals surface area (Å²) in [7, 11) is 0. The largest absolute Gasteiger partial charge is 0.490 e. The van der Waals surface area contributed by atoms with Crippen LogP contribution >= 0.6 is 11.6 Å². The molecule has 5 nitrogen and oxygen atoms in total. The van der Waals surface area contributed by atoms with Crippen LogP contribution in [0.3, 0.4) is 0 Å². The summed E-state index contributed by atoms with van der Waals surface area (Å²) in [5.41, 5.74) is 4.73. The van der Waals surface area contributed by atoms with Gasteiger partial charge in [-0.05, 0) is 42.3 Å². The van der Waals surface area contributed by atoms with Gasteiger partial charge in [0.2, 0.25) is 0 Å². The van der Waals surface area contributed by atoms with Crippen LogP contribution in [0.15, 0.2) is 77.9 Å². The van der Waals surface area contributed by atoms with E-state index in [9.17, 15) is 4.79 Å². The van der Waals surface area contributed by atoms with E-state index in [1.807, 2.05) is 43.3 Å². The monoisotopic (exact) mass is 408 g/mol. The van der Waals surface area contributed by atoms with Crippen LogP contribution < -0.4 is 14.9 Å². The molecule has 1 N–H and O–H groups in total. The van der Waals surface area contributed by atoms with Crippen molar-refractivity contribution in [1.82, 2.24) is 5.43 Å². The molecule has 148 valence electrons. The number of nitrogens with one attached hydrogen (secondary N) is 1. The van der Waals surface area contributed by atoms with Crippen LogP contribution in [-0.4, -0.2) is 18.7 Å². The van der Waals surface area contributed by atoms with E-state index < -0.39 is 0 Å². The Morgan fingerprint density at radius 2 is 1.72 bits per heavy atom. The highest BCUT2D eigenvalue weighted by Crippen LogP contribution is 2.36. The van der Waals surface area contributed by atoms with E-state index in [0.29, 0.717) is 40.9 Å². The Hall–Kier alpha value is -3.31. The number of hydrogen-bond acceptors (Lipinski definition) is 4. The zero-order valence-electron chi connectivity index (χ0n) is 16.0. The van der Waals surface area contributed by atoms with Crippen LogP contribution in [0.25, 0.3) is 0 Å². The normalized spacial score (nSPS) is 10.7. The minimum Gasteiger partial charge on any atom is -0.490 e. The third kappa shape index (κ3) is 5.83. The van der Waals surface area contributed by atoms with Gasteiger partial charge in [0, 0.05) is 5.56 Å². The fourth-order valence-corrected chi connectivity index (χ4v) is 2.89. The summed E-state index contributed by atoms with van der Waals surface area (Å²) in [4.78, 5) is 12.0. The third-order valence-corrected chi connectivity index (χ3v) is 4.25. The van der Waals surface area contributed by atoms with E-state index in [4.69, 9.17) is 21.1 Å². The van der Waals surface area contributed by atoms with Gasteiger partial charge < -0.3 is 9.47 Å². The van der Waals surface area contributed by atoms with Gasteiger partial charge in [-0.1, -0.05) is 60.1 Å². The number of nitrogens with zero attached hydrogens (tertiary/aromatic N) is 1.